The molecular weight excluding hydrogens is 278 g/mol. The van der Waals surface area contributed by atoms with Crippen LogP contribution in [0.5, 0.6) is 0 Å². The van der Waals surface area contributed by atoms with Crippen molar-refractivity contribution in [3.05, 3.63) is 36.0 Å². The van der Waals surface area contributed by atoms with Crippen LogP contribution >= 0.6 is 0 Å². The fraction of sp³-hybridized carbons (Fsp3) is 0.462. The third-order valence-corrected chi connectivity index (χ3v) is 4.54. The molecule has 0 aromatic carbocycles. The van der Waals surface area contributed by atoms with Crippen LogP contribution in [0.25, 0.3) is 0 Å². The first kappa shape index (κ1) is 14.8. The first-order valence-corrected chi connectivity index (χ1v) is 8.00. The maximum absolute atomic E-state index is 12.3. The first-order chi connectivity index (χ1) is 9.43. The number of carbonyl (C=O) groups is 1. The second kappa shape index (κ2) is 5.80. The highest BCUT2D eigenvalue weighted by Crippen LogP contribution is 2.18. The Morgan fingerprint density at radius 3 is 2.95 bits per heavy atom. The second-order valence-electron chi connectivity index (χ2n) is 4.97. The lowest BCUT2D eigenvalue weighted by molar-refractivity contribution is 0.0778. The van der Waals surface area contributed by atoms with Crippen molar-refractivity contribution in [2.24, 2.45) is 13.0 Å². The Labute approximate surface area is 119 Å². The maximum atomic E-state index is 12.3. The van der Waals surface area contributed by atoms with Gasteiger partial charge in [0.1, 0.15) is 5.69 Å². The molecule has 1 saturated heterocycles. The number of amides is 1. The van der Waals surface area contributed by atoms with Crippen LogP contribution in [0, 0.1) is 5.92 Å². The summed E-state index contributed by atoms with van der Waals surface area (Å²) in [6.07, 6.45) is 2.63. The number of rotatable bonds is 5. The van der Waals surface area contributed by atoms with E-state index in [0.29, 0.717) is 25.3 Å². The molecule has 110 valence electrons. The standard InChI is InChI=1S/C13H19N3O3S/c1-3-20(18,19)14-9-11-6-8-16(10-11)13(17)12-5-4-7-15(12)2/h3-5,7,11,14H,1,6,8-10H2,2H3/t11-/m1/s1. The van der Waals surface area contributed by atoms with E-state index in [9.17, 15) is 13.2 Å². The molecule has 0 radical (unpaired) electrons. The number of aryl methyl sites for hydroxylation is 1. The highest BCUT2D eigenvalue weighted by Gasteiger charge is 2.28. The number of carbonyl (C=O) groups excluding carboxylic acids is 1. The molecule has 1 fully saturated rings. The van der Waals surface area contributed by atoms with Crippen molar-refractivity contribution < 1.29 is 13.2 Å². The predicted octanol–water partition coefficient (Wildman–Crippen LogP) is 0.550. The molecule has 1 aromatic rings. The summed E-state index contributed by atoms with van der Waals surface area (Å²) in [5.74, 6) is 0.139. The van der Waals surface area contributed by atoms with Crippen LogP contribution in [0.1, 0.15) is 16.9 Å². The molecule has 20 heavy (non-hydrogen) atoms. The molecule has 7 heteroatoms. The van der Waals surface area contributed by atoms with E-state index < -0.39 is 10.0 Å². The minimum absolute atomic E-state index is 0.00780. The van der Waals surface area contributed by atoms with Gasteiger partial charge in [0.25, 0.3) is 5.91 Å². The van der Waals surface area contributed by atoms with Crippen molar-refractivity contribution in [3.63, 3.8) is 0 Å². The highest BCUT2D eigenvalue weighted by molar-refractivity contribution is 7.92. The molecule has 2 rings (SSSR count). The Hall–Kier alpha value is -1.60. The first-order valence-electron chi connectivity index (χ1n) is 6.45. The molecule has 0 spiro atoms. The van der Waals surface area contributed by atoms with Gasteiger partial charge in [0.15, 0.2) is 0 Å². The van der Waals surface area contributed by atoms with Gasteiger partial charge in [-0.05, 0) is 24.5 Å². The number of nitrogens with one attached hydrogen (secondary N) is 1. The van der Waals surface area contributed by atoms with Crippen LogP contribution in [0.4, 0.5) is 0 Å². The number of hydrogen-bond donors (Lipinski definition) is 1. The lowest BCUT2D eigenvalue weighted by atomic mass is 10.1. The lowest BCUT2D eigenvalue weighted by Gasteiger charge is -2.17. The number of hydrogen-bond acceptors (Lipinski definition) is 3. The highest BCUT2D eigenvalue weighted by atomic mass is 32.2. The van der Waals surface area contributed by atoms with Crippen LogP contribution in [0.2, 0.25) is 0 Å². The molecule has 2 heterocycles. The zero-order valence-corrected chi connectivity index (χ0v) is 12.3. The summed E-state index contributed by atoms with van der Waals surface area (Å²) < 4.78 is 26.8. The summed E-state index contributed by atoms with van der Waals surface area (Å²) in [5.41, 5.74) is 0.650. The fourth-order valence-electron chi connectivity index (χ4n) is 2.32. The molecule has 6 nitrogen and oxygen atoms in total. The van der Waals surface area contributed by atoms with Crippen LogP contribution in [-0.4, -0.2) is 43.4 Å². The van der Waals surface area contributed by atoms with Crippen molar-refractivity contribution >= 4 is 15.9 Å². The smallest absolute Gasteiger partial charge is 0.270 e. The van der Waals surface area contributed by atoms with E-state index in [1.165, 1.54) is 0 Å². The molecule has 1 N–H and O–H groups in total. The van der Waals surface area contributed by atoms with Crippen LogP contribution < -0.4 is 4.72 Å². The van der Waals surface area contributed by atoms with E-state index in [1.54, 1.807) is 15.5 Å². The molecule has 1 aromatic heterocycles. The van der Waals surface area contributed by atoms with Gasteiger partial charge in [-0.1, -0.05) is 6.58 Å². The Morgan fingerprint density at radius 2 is 2.35 bits per heavy atom. The Kier molecular flexibility index (Phi) is 4.29. The molecule has 1 amide bonds. The summed E-state index contributed by atoms with van der Waals surface area (Å²) >= 11 is 0. The molecule has 0 bridgehead atoms. The van der Waals surface area contributed by atoms with E-state index in [1.807, 2.05) is 19.3 Å². The van der Waals surface area contributed by atoms with Crippen LogP contribution in [-0.2, 0) is 17.1 Å². The van der Waals surface area contributed by atoms with Crippen molar-refractivity contribution in [2.45, 2.75) is 6.42 Å². The number of likely N-dealkylation sites (tertiary alicyclic amines) is 1. The van der Waals surface area contributed by atoms with E-state index in [0.717, 1.165) is 11.8 Å². The summed E-state index contributed by atoms with van der Waals surface area (Å²) in [6, 6.07) is 3.62. The Bertz CT molecular complexity index is 606. The third-order valence-electron chi connectivity index (χ3n) is 3.53. The summed E-state index contributed by atoms with van der Waals surface area (Å²) in [7, 11) is -1.56. The fourth-order valence-corrected chi connectivity index (χ4v) is 2.91. The van der Waals surface area contributed by atoms with E-state index in [2.05, 4.69) is 11.3 Å². The van der Waals surface area contributed by atoms with Crippen molar-refractivity contribution in [2.75, 3.05) is 19.6 Å². The minimum atomic E-state index is -3.39. The Morgan fingerprint density at radius 1 is 1.60 bits per heavy atom. The van der Waals surface area contributed by atoms with E-state index in [4.69, 9.17) is 0 Å². The third kappa shape index (κ3) is 3.29. The molecule has 1 aliphatic heterocycles. The van der Waals surface area contributed by atoms with Gasteiger partial charge >= 0.3 is 0 Å². The molecule has 1 atom stereocenters. The van der Waals surface area contributed by atoms with Gasteiger partial charge in [0.05, 0.1) is 0 Å². The van der Waals surface area contributed by atoms with Gasteiger partial charge in [-0.15, -0.1) is 0 Å². The molecule has 1 aliphatic rings. The van der Waals surface area contributed by atoms with Crippen LogP contribution in [0.15, 0.2) is 30.3 Å². The number of nitrogens with zero attached hydrogens (tertiary/aromatic N) is 2. The van der Waals surface area contributed by atoms with Crippen molar-refractivity contribution in [1.29, 1.82) is 0 Å². The zero-order chi connectivity index (χ0) is 14.8. The van der Waals surface area contributed by atoms with Gasteiger partial charge in [0.2, 0.25) is 10.0 Å². The predicted molar refractivity (Wildman–Crippen MR) is 76.5 cm³/mol. The molecule has 0 unspecified atom stereocenters. The van der Waals surface area contributed by atoms with Gasteiger partial charge < -0.3 is 9.47 Å². The maximum Gasteiger partial charge on any atom is 0.270 e. The van der Waals surface area contributed by atoms with Crippen molar-refractivity contribution in [3.8, 4) is 0 Å². The van der Waals surface area contributed by atoms with E-state index >= 15 is 0 Å². The van der Waals surface area contributed by atoms with E-state index in [-0.39, 0.29) is 11.8 Å². The zero-order valence-electron chi connectivity index (χ0n) is 11.4. The largest absolute Gasteiger partial charge is 0.347 e. The van der Waals surface area contributed by atoms with Crippen molar-refractivity contribution in [1.82, 2.24) is 14.2 Å². The number of aromatic nitrogens is 1. The summed E-state index contributed by atoms with van der Waals surface area (Å²) in [4.78, 5) is 14.0. The van der Waals surface area contributed by atoms with Gasteiger partial charge in [0, 0.05) is 38.3 Å². The summed E-state index contributed by atoms with van der Waals surface area (Å²) in [5, 5.41) is 0.898. The number of sulfonamides is 1. The second-order valence-corrected chi connectivity index (χ2v) is 6.68. The average molecular weight is 297 g/mol. The molecular formula is C13H19N3O3S. The molecule has 0 aliphatic carbocycles. The van der Waals surface area contributed by atoms with Gasteiger partial charge in [-0.2, -0.15) is 0 Å². The SMILES string of the molecule is C=CS(=O)(=O)NC[C@H]1CCN(C(=O)c2cccn2C)C1. The molecule has 0 saturated carbocycles. The lowest BCUT2D eigenvalue weighted by Crippen LogP contribution is -2.33. The van der Waals surface area contributed by atoms with Gasteiger partial charge in [-0.25, -0.2) is 13.1 Å². The van der Waals surface area contributed by atoms with Gasteiger partial charge in [-0.3, -0.25) is 4.79 Å². The minimum Gasteiger partial charge on any atom is -0.347 e. The average Bonchev–Trinajstić information content (AvgIpc) is 3.04. The normalized spacial score (nSPS) is 19.2. The summed E-state index contributed by atoms with van der Waals surface area (Å²) in [6.45, 7) is 4.82. The quantitative estimate of drug-likeness (QED) is 0.863. The Balaban J connectivity index is 1.91. The topological polar surface area (TPSA) is 71.4 Å². The monoisotopic (exact) mass is 297 g/mol. The van der Waals surface area contributed by atoms with Crippen LogP contribution in [0.3, 0.4) is 0 Å².